The molecule has 1 aliphatic carbocycles. The number of carbonyl (C=O) groups excluding carboxylic acids is 1. The van der Waals surface area contributed by atoms with Gasteiger partial charge in [-0.15, -0.1) is 11.6 Å². The second-order valence-electron chi connectivity index (χ2n) is 7.39. The fourth-order valence-electron chi connectivity index (χ4n) is 4.47. The number of fused-ring (bicyclic) bond motifs is 2. The average Bonchev–Trinajstić information content (AvgIpc) is 3.34. The number of imidazole rings is 1. The molecule has 1 aromatic carbocycles. The fraction of sp³-hybridized carbons (Fsp3) is 0.500. The van der Waals surface area contributed by atoms with Crippen LogP contribution < -0.4 is 0 Å². The number of alkyl halides is 1. The summed E-state index contributed by atoms with van der Waals surface area (Å²) >= 11 is 5.84. The van der Waals surface area contributed by atoms with Crippen molar-refractivity contribution in [3.63, 3.8) is 0 Å². The zero-order valence-corrected chi connectivity index (χ0v) is 16.0. The highest BCUT2D eigenvalue weighted by Crippen LogP contribution is 2.33. The second kappa shape index (κ2) is 7.23. The first-order valence-electron chi connectivity index (χ1n) is 9.34. The van der Waals surface area contributed by atoms with Gasteiger partial charge in [-0.2, -0.15) is 0 Å². The monoisotopic (exact) mass is 393 g/mol. The molecule has 1 atom stereocenters. The smallest absolute Gasteiger partial charge is 0.238 e. The van der Waals surface area contributed by atoms with E-state index >= 15 is 0 Å². The average molecular weight is 394 g/mol. The van der Waals surface area contributed by atoms with Crippen LogP contribution in [-0.2, 0) is 37.1 Å². The maximum atomic E-state index is 14.8. The van der Waals surface area contributed by atoms with E-state index in [9.17, 15) is 13.6 Å². The van der Waals surface area contributed by atoms with Gasteiger partial charge in [-0.25, -0.2) is 13.8 Å². The molecule has 1 unspecified atom stereocenters. The number of rotatable bonds is 4. The molecule has 144 valence electrons. The third-order valence-electron chi connectivity index (χ3n) is 5.96. The van der Waals surface area contributed by atoms with Crippen LogP contribution in [0.15, 0.2) is 12.4 Å². The minimum Gasteiger partial charge on any atom is -0.333 e. The van der Waals surface area contributed by atoms with Crippen molar-refractivity contribution in [2.24, 2.45) is 0 Å². The van der Waals surface area contributed by atoms with Crippen LogP contribution in [0.1, 0.15) is 40.9 Å². The van der Waals surface area contributed by atoms with Crippen molar-refractivity contribution in [3.05, 3.63) is 52.1 Å². The fourth-order valence-corrected chi connectivity index (χ4v) is 4.62. The molecule has 4 rings (SSSR count). The molecular formula is C20H22ClF2N3O. The summed E-state index contributed by atoms with van der Waals surface area (Å²) in [6, 6.07) is -0.118. The summed E-state index contributed by atoms with van der Waals surface area (Å²) in [5.74, 6) is -1.02. The van der Waals surface area contributed by atoms with Crippen molar-refractivity contribution < 1.29 is 13.6 Å². The maximum absolute atomic E-state index is 14.8. The van der Waals surface area contributed by atoms with Crippen molar-refractivity contribution in [3.8, 4) is 0 Å². The molecule has 1 aliphatic heterocycles. The number of hydrogen-bond acceptors (Lipinski definition) is 2. The van der Waals surface area contributed by atoms with E-state index in [0.717, 1.165) is 42.6 Å². The first kappa shape index (κ1) is 18.4. The third kappa shape index (κ3) is 3.14. The van der Waals surface area contributed by atoms with Crippen molar-refractivity contribution in [1.82, 2.24) is 14.5 Å². The van der Waals surface area contributed by atoms with Crippen LogP contribution in [-0.4, -0.2) is 32.3 Å². The number of aryl methyl sites for hydroxylation is 1. The molecule has 2 aromatic rings. The predicted molar refractivity (Wildman–Crippen MR) is 98.7 cm³/mol. The van der Waals surface area contributed by atoms with Gasteiger partial charge in [-0.1, -0.05) is 0 Å². The van der Waals surface area contributed by atoms with E-state index in [1.165, 1.54) is 0 Å². The van der Waals surface area contributed by atoms with Gasteiger partial charge in [0.05, 0.1) is 6.04 Å². The van der Waals surface area contributed by atoms with E-state index in [2.05, 4.69) is 4.98 Å². The molecule has 0 N–H and O–H groups in total. The molecular weight excluding hydrogens is 372 g/mol. The zero-order valence-electron chi connectivity index (χ0n) is 15.3. The number of aromatic nitrogens is 2. The Kier molecular flexibility index (Phi) is 4.93. The molecule has 2 heterocycles. The summed E-state index contributed by atoms with van der Waals surface area (Å²) in [5.41, 5.74) is 2.46. The Morgan fingerprint density at radius 2 is 2.07 bits per heavy atom. The van der Waals surface area contributed by atoms with Crippen LogP contribution in [0.3, 0.4) is 0 Å². The molecule has 0 saturated heterocycles. The van der Waals surface area contributed by atoms with Gasteiger partial charge in [-0.3, -0.25) is 4.79 Å². The highest BCUT2D eigenvalue weighted by Gasteiger charge is 2.31. The quantitative estimate of drug-likeness (QED) is 0.745. The van der Waals surface area contributed by atoms with E-state index in [1.54, 1.807) is 11.1 Å². The first-order valence-corrected chi connectivity index (χ1v) is 9.88. The predicted octanol–water partition coefficient (Wildman–Crippen LogP) is 3.54. The Morgan fingerprint density at radius 3 is 2.85 bits per heavy atom. The van der Waals surface area contributed by atoms with Crippen LogP contribution in [0.2, 0.25) is 0 Å². The summed E-state index contributed by atoms with van der Waals surface area (Å²) in [6.07, 6.45) is 7.27. The highest BCUT2D eigenvalue weighted by molar-refractivity contribution is 6.27. The number of amides is 1. The topological polar surface area (TPSA) is 38.1 Å². The number of benzene rings is 1. The van der Waals surface area contributed by atoms with Crippen LogP contribution in [0, 0.1) is 18.6 Å². The number of carbonyl (C=O) groups is 1. The largest absolute Gasteiger partial charge is 0.333 e. The van der Waals surface area contributed by atoms with Gasteiger partial charge in [0, 0.05) is 37.5 Å². The van der Waals surface area contributed by atoms with E-state index in [-0.39, 0.29) is 29.9 Å². The first-order chi connectivity index (χ1) is 13.0. The molecule has 0 bridgehead atoms. The third-order valence-corrected chi connectivity index (χ3v) is 6.19. The second-order valence-corrected chi connectivity index (χ2v) is 7.65. The van der Waals surface area contributed by atoms with Crippen molar-refractivity contribution in [2.45, 2.75) is 58.2 Å². The van der Waals surface area contributed by atoms with Gasteiger partial charge >= 0.3 is 0 Å². The highest BCUT2D eigenvalue weighted by atomic mass is 35.5. The number of halogens is 3. The summed E-state index contributed by atoms with van der Waals surface area (Å²) in [5, 5.41) is 0. The molecule has 1 aromatic heterocycles. The SMILES string of the molecule is Cc1c(CN(C(=O)CCl)C2CCc3nccn3C2)c(F)c(F)c2c1CCC2. The summed E-state index contributed by atoms with van der Waals surface area (Å²) < 4.78 is 31.4. The molecule has 0 saturated carbocycles. The summed E-state index contributed by atoms with van der Waals surface area (Å²) in [6.45, 7) is 2.47. The minimum atomic E-state index is -0.820. The van der Waals surface area contributed by atoms with E-state index < -0.39 is 11.6 Å². The van der Waals surface area contributed by atoms with Gasteiger partial charge in [0.25, 0.3) is 0 Å². The Hall–Kier alpha value is -1.95. The van der Waals surface area contributed by atoms with E-state index in [1.807, 2.05) is 17.7 Å². The van der Waals surface area contributed by atoms with Crippen molar-refractivity contribution in [1.29, 1.82) is 0 Å². The van der Waals surface area contributed by atoms with Gasteiger partial charge in [0.15, 0.2) is 11.6 Å². The Bertz CT molecular complexity index is 896. The Morgan fingerprint density at radius 1 is 1.30 bits per heavy atom. The molecule has 2 aliphatic rings. The Labute approximate surface area is 162 Å². The molecule has 0 fully saturated rings. The van der Waals surface area contributed by atoms with Crippen LogP contribution >= 0.6 is 11.6 Å². The standard InChI is InChI=1S/C20H22ClF2N3O/c1-12-14-3-2-4-15(14)19(22)20(23)16(12)11-26(18(27)9-21)13-5-6-17-24-7-8-25(17)10-13/h7-8,13H,2-6,9-11H2,1H3. The van der Waals surface area contributed by atoms with Gasteiger partial charge < -0.3 is 9.47 Å². The van der Waals surface area contributed by atoms with Crippen molar-refractivity contribution >= 4 is 17.5 Å². The van der Waals surface area contributed by atoms with Crippen molar-refractivity contribution in [2.75, 3.05) is 5.88 Å². The molecule has 4 nitrogen and oxygen atoms in total. The summed E-state index contributed by atoms with van der Waals surface area (Å²) in [4.78, 5) is 18.5. The van der Waals surface area contributed by atoms with E-state index in [0.29, 0.717) is 18.5 Å². The van der Waals surface area contributed by atoms with Crippen LogP contribution in [0.5, 0.6) is 0 Å². The van der Waals surface area contributed by atoms with Crippen LogP contribution in [0.4, 0.5) is 8.78 Å². The van der Waals surface area contributed by atoms with Gasteiger partial charge in [-0.05, 0) is 49.3 Å². The lowest BCUT2D eigenvalue weighted by atomic mass is 9.96. The number of nitrogens with zero attached hydrogens (tertiary/aromatic N) is 3. The Balaban J connectivity index is 1.68. The van der Waals surface area contributed by atoms with Gasteiger partial charge in [0.2, 0.25) is 5.91 Å². The minimum absolute atomic E-state index is 0.0438. The zero-order chi connectivity index (χ0) is 19.1. The summed E-state index contributed by atoms with van der Waals surface area (Å²) in [7, 11) is 0. The molecule has 27 heavy (non-hydrogen) atoms. The number of hydrogen-bond donors (Lipinski definition) is 0. The lowest BCUT2D eigenvalue weighted by Gasteiger charge is -2.35. The van der Waals surface area contributed by atoms with Gasteiger partial charge in [0.1, 0.15) is 11.7 Å². The van der Waals surface area contributed by atoms with Crippen LogP contribution in [0.25, 0.3) is 0 Å². The molecule has 1 amide bonds. The maximum Gasteiger partial charge on any atom is 0.238 e. The lowest BCUT2D eigenvalue weighted by molar-refractivity contribution is -0.132. The van der Waals surface area contributed by atoms with E-state index in [4.69, 9.17) is 11.6 Å². The molecule has 7 heteroatoms. The lowest BCUT2D eigenvalue weighted by Crippen LogP contribution is -2.45. The molecule has 0 radical (unpaired) electrons. The normalized spacial score (nSPS) is 18.3. The molecule has 0 spiro atoms.